The molecule has 0 radical (unpaired) electrons. The molecule has 2 amide bonds. The van der Waals surface area contributed by atoms with Crippen LogP contribution in [0.25, 0.3) is 0 Å². The van der Waals surface area contributed by atoms with Gasteiger partial charge in [-0.05, 0) is 69.9 Å². The lowest BCUT2D eigenvalue weighted by Crippen LogP contribution is -2.51. The molecule has 3 atom stereocenters. The molecule has 1 aliphatic carbocycles. The number of nitrogens with zero attached hydrogens (tertiary/aromatic N) is 4. The van der Waals surface area contributed by atoms with E-state index in [1.807, 2.05) is 44.0 Å². The van der Waals surface area contributed by atoms with Gasteiger partial charge in [0.25, 0.3) is 0 Å². The summed E-state index contributed by atoms with van der Waals surface area (Å²) in [5.41, 5.74) is 2.05. The average molecular weight is 524 g/mol. The van der Waals surface area contributed by atoms with Crippen LogP contribution in [0.15, 0.2) is 36.5 Å². The van der Waals surface area contributed by atoms with E-state index >= 15 is 0 Å². The number of fused-ring (bicyclic) bond motifs is 1. The number of pyridine rings is 1. The van der Waals surface area contributed by atoms with E-state index in [9.17, 15) is 14.0 Å². The molecule has 8 nitrogen and oxygen atoms in total. The Balaban J connectivity index is 1.30. The smallest absolute Gasteiger partial charge is 0.410 e. The number of benzene rings is 1. The highest BCUT2D eigenvalue weighted by Gasteiger charge is 2.47. The lowest BCUT2D eigenvalue weighted by molar-refractivity contribution is -0.117. The third-order valence-electron chi connectivity index (χ3n) is 7.74. The van der Waals surface area contributed by atoms with Gasteiger partial charge < -0.3 is 24.8 Å². The number of hydrogen-bond acceptors (Lipinski definition) is 6. The molecule has 204 valence electrons. The first-order chi connectivity index (χ1) is 18.0. The number of rotatable bonds is 4. The third-order valence-corrected chi connectivity index (χ3v) is 7.74. The summed E-state index contributed by atoms with van der Waals surface area (Å²) in [6.07, 6.45) is 3.78. The molecule has 2 aliphatic heterocycles. The lowest BCUT2D eigenvalue weighted by Gasteiger charge is -2.45. The first-order valence-corrected chi connectivity index (χ1v) is 13.6. The number of carbonyl (C=O) groups excluding carboxylic acids is 2. The van der Waals surface area contributed by atoms with Crippen LogP contribution < -0.4 is 15.1 Å². The summed E-state index contributed by atoms with van der Waals surface area (Å²) >= 11 is 0. The Labute approximate surface area is 224 Å². The molecule has 2 fully saturated rings. The van der Waals surface area contributed by atoms with Crippen LogP contribution in [0, 0.1) is 17.7 Å². The summed E-state index contributed by atoms with van der Waals surface area (Å²) in [5.74, 6) is 0.937. The molecule has 1 aromatic heterocycles. The number of amides is 2. The van der Waals surface area contributed by atoms with E-state index in [0.29, 0.717) is 37.9 Å². The topological polar surface area (TPSA) is 78.0 Å². The van der Waals surface area contributed by atoms with Gasteiger partial charge in [0.2, 0.25) is 5.91 Å². The number of halogens is 1. The molecule has 1 saturated carbocycles. The van der Waals surface area contributed by atoms with Gasteiger partial charge in [-0.25, -0.2) is 14.2 Å². The van der Waals surface area contributed by atoms with Gasteiger partial charge in [0.15, 0.2) is 0 Å². The fraction of sp³-hybridized carbons (Fsp3) is 0.552. The second-order valence-corrected chi connectivity index (χ2v) is 11.8. The highest BCUT2D eigenvalue weighted by Crippen LogP contribution is 2.50. The van der Waals surface area contributed by atoms with E-state index in [2.05, 4.69) is 22.1 Å². The largest absolute Gasteiger partial charge is 0.444 e. The quantitative estimate of drug-likeness (QED) is 0.593. The summed E-state index contributed by atoms with van der Waals surface area (Å²) in [7, 11) is 0. The van der Waals surface area contributed by atoms with Crippen molar-refractivity contribution >= 4 is 29.2 Å². The minimum absolute atomic E-state index is 0.00528. The van der Waals surface area contributed by atoms with Crippen molar-refractivity contribution in [3.8, 4) is 0 Å². The Bertz CT molecular complexity index is 1190. The van der Waals surface area contributed by atoms with Gasteiger partial charge in [0.1, 0.15) is 17.2 Å². The fourth-order valence-corrected chi connectivity index (χ4v) is 5.83. The fourth-order valence-electron chi connectivity index (χ4n) is 5.83. The van der Waals surface area contributed by atoms with Crippen molar-refractivity contribution in [2.75, 3.05) is 41.3 Å². The molecule has 0 spiro atoms. The maximum absolute atomic E-state index is 14.4. The Morgan fingerprint density at radius 1 is 1.08 bits per heavy atom. The van der Waals surface area contributed by atoms with Crippen LogP contribution in [0.5, 0.6) is 0 Å². The zero-order chi connectivity index (χ0) is 27.2. The third kappa shape index (κ3) is 5.42. The Morgan fingerprint density at radius 2 is 1.79 bits per heavy atom. The summed E-state index contributed by atoms with van der Waals surface area (Å²) in [4.78, 5) is 35.6. The van der Waals surface area contributed by atoms with Gasteiger partial charge in [-0.15, -0.1) is 0 Å². The predicted octanol–water partition coefficient (Wildman–Crippen LogP) is 5.21. The van der Waals surface area contributed by atoms with Gasteiger partial charge >= 0.3 is 6.09 Å². The van der Waals surface area contributed by atoms with Crippen molar-refractivity contribution in [3.05, 3.63) is 47.9 Å². The molecule has 1 saturated heterocycles. The number of anilines is 3. The highest BCUT2D eigenvalue weighted by atomic mass is 19.1. The minimum Gasteiger partial charge on any atom is -0.444 e. The van der Waals surface area contributed by atoms with Gasteiger partial charge in [-0.3, -0.25) is 4.79 Å². The lowest BCUT2D eigenvalue weighted by atomic mass is 9.80. The molecular weight excluding hydrogens is 485 g/mol. The first kappa shape index (κ1) is 26.3. The number of piperazine rings is 1. The van der Waals surface area contributed by atoms with E-state index in [4.69, 9.17) is 4.74 Å². The zero-order valence-corrected chi connectivity index (χ0v) is 22.9. The van der Waals surface area contributed by atoms with Crippen LogP contribution in [0.3, 0.4) is 0 Å². The normalized spacial score (nSPS) is 23.6. The predicted molar refractivity (Wildman–Crippen MR) is 146 cm³/mol. The maximum atomic E-state index is 14.4. The van der Waals surface area contributed by atoms with Crippen LogP contribution >= 0.6 is 0 Å². The first-order valence-electron chi connectivity index (χ1n) is 13.6. The van der Waals surface area contributed by atoms with Crippen molar-refractivity contribution in [2.45, 2.75) is 65.1 Å². The number of nitrogens with one attached hydrogen (secondary N) is 1. The molecule has 38 heavy (non-hydrogen) atoms. The van der Waals surface area contributed by atoms with E-state index in [1.54, 1.807) is 24.0 Å². The molecule has 1 aromatic carbocycles. The summed E-state index contributed by atoms with van der Waals surface area (Å²) < 4.78 is 19.9. The maximum Gasteiger partial charge on any atom is 0.410 e. The molecule has 1 N–H and O–H groups in total. The van der Waals surface area contributed by atoms with E-state index in [1.165, 1.54) is 6.07 Å². The van der Waals surface area contributed by atoms with Crippen molar-refractivity contribution < 1.29 is 18.7 Å². The van der Waals surface area contributed by atoms with Crippen LogP contribution in [0.2, 0.25) is 0 Å². The molecule has 9 heteroatoms. The van der Waals surface area contributed by atoms with Gasteiger partial charge in [0, 0.05) is 56.3 Å². The summed E-state index contributed by atoms with van der Waals surface area (Å²) in [5, 5.41) is 3.56. The van der Waals surface area contributed by atoms with E-state index < -0.39 is 5.60 Å². The van der Waals surface area contributed by atoms with Gasteiger partial charge in [-0.1, -0.05) is 6.92 Å². The molecule has 0 bridgehead atoms. The minimum atomic E-state index is -0.508. The summed E-state index contributed by atoms with van der Waals surface area (Å²) in [6.45, 7) is 11.9. The highest BCUT2D eigenvalue weighted by molar-refractivity contribution is 5.94. The Morgan fingerprint density at radius 3 is 2.37 bits per heavy atom. The van der Waals surface area contributed by atoms with Gasteiger partial charge in [0.05, 0.1) is 17.9 Å². The molecular formula is C29H38FN5O3. The molecule has 3 aliphatic rings. The van der Waals surface area contributed by atoms with Crippen LogP contribution in [0.1, 0.15) is 59.1 Å². The number of ether oxygens (including phenoxy) is 1. The van der Waals surface area contributed by atoms with Gasteiger partial charge in [-0.2, -0.15) is 0 Å². The van der Waals surface area contributed by atoms with Crippen LogP contribution in [-0.2, 0) is 9.53 Å². The zero-order valence-electron chi connectivity index (χ0n) is 22.9. The molecule has 5 rings (SSSR count). The molecule has 0 unspecified atom stereocenters. The standard InChI is InChI=1S/C29H38FN5O3/c1-18-26(23-16-21(30)8-10-24(23)35(19(2)36)27(18)20-6-7-20)32-25-11-9-22(17-31-25)33-12-14-34(15-13-33)28(37)38-29(3,4)5/h8-11,16-18,20,26-27H,6-7,12-15H2,1-5H3,(H,31,32)/t18-,26-,27-/m1/s1. The molecule has 3 heterocycles. The monoisotopic (exact) mass is 523 g/mol. The number of carbonyl (C=O) groups is 2. The summed E-state index contributed by atoms with van der Waals surface area (Å²) in [6, 6.07) is 8.59. The second kappa shape index (κ2) is 10.1. The van der Waals surface area contributed by atoms with E-state index in [0.717, 1.165) is 29.8 Å². The average Bonchev–Trinajstić information content (AvgIpc) is 3.70. The Kier molecular flexibility index (Phi) is 6.96. The van der Waals surface area contributed by atoms with E-state index in [-0.39, 0.29) is 35.8 Å². The van der Waals surface area contributed by atoms with Crippen molar-refractivity contribution in [1.29, 1.82) is 0 Å². The second-order valence-electron chi connectivity index (χ2n) is 11.8. The van der Waals surface area contributed by atoms with Crippen LogP contribution in [0.4, 0.5) is 26.4 Å². The number of aromatic nitrogens is 1. The van der Waals surface area contributed by atoms with Crippen molar-refractivity contribution in [3.63, 3.8) is 0 Å². The Hall–Kier alpha value is -3.36. The molecule has 2 aromatic rings. The number of hydrogen-bond donors (Lipinski definition) is 1. The SMILES string of the molecule is CC(=O)N1c2ccc(F)cc2[C@H](Nc2ccc(N3CCN(C(=O)OC(C)(C)C)CC3)cn2)[C@@H](C)[C@@H]1C1CC1. The van der Waals surface area contributed by atoms with Crippen molar-refractivity contribution in [1.82, 2.24) is 9.88 Å². The van der Waals surface area contributed by atoms with Crippen LogP contribution in [-0.4, -0.2) is 59.7 Å². The van der Waals surface area contributed by atoms with Crippen molar-refractivity contribution in [2.24, 2.45) is 11.8 Å².